The van der Waals surface area contributed by atoms with Gasteiger partial charge in [-0.25, -0.2) is 4.39 Å². The second kappa shape index (κ2) is 6.51. The summed E-state index contributed by atoms with van der Waals surface area (Å²) in [6.07, 6.45) is 1.99. The van der Waals surface area contributed by atoms with Crippen LogP contribution < -0.4 is 4.74 Å². The van der Waals surface area contributed by atoms with Crippen LogP contribution in [-0.4, -0.2) is 47.8 Å². The van der Waals surface area contributed by atoms with Gasteiger partial charge < -0.3 is 14.7 Å². The molecule has 0 bridgehead atoms. The van der Waals surface area contributed by atoms with Crippen LogP contribution in [-0.2, 0) is 18.3 Å². The number of aromatic nitrogens is 1. The minimum absolute atomic E-state index is 0.279. The van der Waals surface area contributed by atoms with Crippen LogP contribution in [0.1, 0.15) is 23.2 Å². The molecule has 1 aliphatic carbocycles. The maximum Gasteiger partial charge on any atom is 0.125 e. The number of benzene rings is 2. The highest BCUT2D eigenvalue weighted by molar-refractivity contribution is 5.80. The summed E-state index contributed by atoms with van der Waals surface area (Å²) in [5, 5.41) is 12.9. The summed E-state index contributed by atoms with van der Waals surface area (Å²) in [6.45, 7) is 1.50. The van der Waals surface area contributed by atoms with Gasteiger partial charge in [-0.05, 0) is 61.5 Å². The van der Waals surface area contributed by atoms with Crippen LogP contribution in [0.25, 0.3) is 10.9 Å². The Hall–Kier alpha value is -2.50. The third-order valence-corrected chi connectivity index (χ3v) is 6.87. The SMILES string of the molecule is COc1cccc([C@@]23CCN(C)C[C@@]2(O)Cc2cc4ccc(F)cc4nc2C3)c1. The topological polar surface area (TPSA) is 45.6 Å². The summed E-state index contributed by atoms with van der Waals surface area (Å²) in [6, 6.07) is 14.8. The van der Waals surface area contributed by atoms with Gasteiger partial charge in [-0.1, -0.05) is 12.1 Å². The molecule has 1 fully saturated rings. The molecule has 5 rings (SSSR count). The standard InChI is InChI=1S/C24H25FN2O2/c1-27-9-8-23(18-4-3-5-20(11-18)29-2)14-22-17(13-24(23,28)15-27)10-16-6-7-19(25)12-21(16)26-22/h3-7,10-12,28H,8-9,13-15H2,1-2H3/t23-,24-/m0/s1. The molecule has 1 aliphatic heterocycles. The van der Waals surface area contributed by atoms with E-state index >= 15 is 0 Å². The number of hydrogen-bond acceptors (Lipinski definition) is 4. The van der Waals surface area contributed by atoms with Gasteiger partial charge >= 0.3 is 0 Å². The largest absolute Gasteiger partial charge is 0.497 e. The molecule has 0 amide bonds. The van der Waals surface area contributed by atoms with Crippen molar-refractivity contribution < 1.29 is 14.2 Å². The van der Waals surface area contributed by atoms with Gasteiger partial charge in [-0.3, -0.25) is 4.98 Å². The lowest BCUT2D eigenvalue weighted by molar-refractivity contribution is -0.0976. The van der Waals surface area contributed by atoms with E-state index in [0.29, 0.717) is 24.9 Å². The van der Waals surface area contributed by atoms with Gasteiger partial charge in [0.05, 0.1) is 18.2 Å². The Balaban J connectivity index is 1.70. The number of methoxy groups -OCH3 is 1. The molecular formula is C24H25FN2O2. The van der Waals surface area contributed by atoms with Crippen molar-refractivity contribution >= 4 is 10.9 Å². The quantitative estimate of drug-likeness (QED) is 0.725. The summed E-state index contributed by atoms with van der Waals surface area (Å²) in [5.74, 6) is 0.511. The number of β-amino-alcohol motifs (C(OH)–C–C–N with tert-alkyl or cyclic N) is 1. The molecule has 1 aromatic heterocycles. The smallest absolute Gasteiger partial charge is 0.125 e. The van der Waals surface area contributed by atoms with Gasteiger partial charge in [0.15, 0.2) is 0 Å². The summed E-state index contributed by atoms with van der Waals surface area (Å²) in [7, 11) is 3.72. The van der Waals surface area contributed by atoms with E-state index in [1.54, 1.807) is 13.2 Å². The first-order valence-corrected chi connectivity index (χ1v) is 10.1. The molecule has 1 saturated heterocycles. The zero-order valence-corrected chi connectivity index (χ0v) is 16.8. The first-order valence-electron chi connectivity index (χ1n) is 10.1. The summed E-state index contributed by atoms with van der Waals surface area (Å²) in [4.78, 5) is 7.04. The van der Waals surface area contributed by atoms with Crippen molar-refractivity contribution in [1.82, 2.24) is 9.88 Å². The van der Waals surface area contributed by atoms with Crippen molar-refractivity contribution in [3.8, 4) is 5.75 Å². The van der Waals surface area contributed by atoms with Crippen LogP contribution in [0.4, 0.5) is 4.39 Å². The molecule has 150 valence electrons. The molecule has 0 saturated carbocycles. The Bertz CT molecular complexity index is 1100. The molecule has 1 N–H and O–H groups in total. The number of fused-ring (bicyclic) bond motifs is 3. The van der Waals surface area contributed by atoms with Crippen molar-refractivity contribution in [2.24, 2.45) is 0 Å². The van der Waals surface area contributed by atoms with Gasteiger partial charge in [0, 0.05) is 41.9 Å². The van der Waals surface area contributed by atoms with Crippen molar-refractivity contribution in [2.45, 2.75) is 30.3 Å². The zero-order chi connectivity index (χ0) is 20.2. The van der Waals surface area contributed by atoms with Crippen LogP contribution in [0.2, 0.25) is 0 Å². The van der Waals surface area contributed by atoms with Gasteiger partial charge in [0.2, 0.25) is 0 Å². The van der Waals surface area contributed by atoms with Gasteiger partial charge in [-0.2, -0.15) is 0 Å². The lowest BCUT2D eigenvalue weighted by Gasteiger charge is -2.56. The summed E-state index contributed by atoms with van der Waals surface area (Å²) in [5.41, 5.74) is 2.41. The van der Waals surface area contributed by atoms with Crippen LogP contribution in [0.3, 0.4) is 0 Å². The van der Waals surface area contributed by atoms with Crippen LogP contribution in [0.15, 0.2) is 48.5 Å². The van der Waals surface area contributed by atoms with Gasteiger partial charge in [-0.15, -0.1) is 0 Å². The highest BCUT2D eigenvalue weighted by atomic mass is 19.1. The maximum absolute atomic E-state index is 13.8. The molecule has 29 heavy (non-hydrogen) atoms. The Labute approximate surface area is 169 Å². The third-order valence-electron chi connectivity index (χ3n) is 6.87. The Morgan fingerprint density at radius 2 is 2.00 bits per heavy atom. The lowest BCUT2D eigenvalue weighted by atomic mass is 9.56. The van der Waals surface area contributed by atoms with E-state index in [-0.39, 0.29) is 5.82 Å². The molecule has 2 heterocycles. The Morgan fingerprint density at radius 1 is 1.14 bits per heavy atom. The van der Waals surface area contributed by atoms with E-state index in [1.807, 2.05) is 18.2 Å². The molecule has 0 spiro atoms. The number of piperidine rings is 1. The number of hydrogen-bond donors (Lipinski definition) is 1. The molecule has 5 heteroatoms. The van der Waals surface area contributed by atoms with Crippen molar-refractivity contribution in [1.29, 1.82) is 0 Å². The van der Waals surface area contributed by atoms with Crippen molar-refractivity contribution in [3.05, 3.63) is 71.2 Å². The molecule has 4 nitrogen and oxygen atoms in total. The fraction of sp³-hybridized carbons (Fsp3) is 0.375. The third kappa shape index (κ3) is 2.83. The summed E-state index contributed by atoms with van der Waals surface area (Å²) >= 11 is 0. The van der Waals surface area contributed by atoms with Crippen molar-refractivity contribution in [3.63, 3.8) is 0 Å². The fourth-order valence-corrected chi connectivity index (χ4v) is 5.34. The van der Waals surface area contributed by atoms with E-state index in [9.17, 15) is 9.50 Å². The number of aliphatic hydroxyl groups is 1. The highest BCUT2D eigenvalue weighted by Crippen LogP contribution is 2.50. The van der Waals surface area contributed by atoms with Crippen LogP contribution in [0, 0.1) is 5.82 Å². The van der Waals surface area contributed by atoms with E-state index < -0.39 is 11.0 Å². The predicted molar refractivity (Wildman–Crippen MR) is 111 cm³/mol. The van der Waals surface area contributed by atoms with E-state index in [0.717, 1.165) is 40.9 Å². The fourth-order valence-electron chi connectivity index (χ4n) is 5.34. The average Bonchev–Trinajstić information content (AvgIpc) is 2.70. The number of likely N-dealkylation sites (N-methyl/N-ethyl adjacent to an activating group) is 1. The van der Waals surface area contributed by atoms with Gasteiger partial charge in [0.1, 0.15) is 11.6 Å². The number of rotatable bonds is 2. The predicted octanol–water partition coefficient (Wildman–Crippen LogP) is 3.49. The number of pyridine rings is 1. The molecule has 0 unspecified atom stereocenters. The van der Waals surface area contributed by atoms with Crippen LogP contribution in [0.5, 0.6) is 5.75 Å². The number of ether oxygens (including phenoxy) is 1. The first-order chi connectivity index (χ1) is 13.9. The number of nitrogens with zero attached hydrogens (tertiary/aromatic N) is 2. The maximum atomic E-state index is 13.8. The lowest BCUT2D eigenvalue weighted by Crippen LogP contribution is -2.66. The minimum atomic E-state index is -0.908. The molecule has 0 radical (unpaired) electrons. The van der Waals surface area contributed by atoms with Crippen LogP contribution >= 0.6 is 0 Å². The molecule has 2 aliphatic rings. The molecule has 2 atom stereocenters. The van der Waals surface area contributed by atoms with E-state index in [4.69, 9.17) is 9.72 Å². The van der Waals surface area contributed by atoms with E-state index in [2.05, 4.69) is 24.1 Å². The molecule has 3 aromatic rings. The number of likely N-dealkylation sites (tertiary alicyclic amines) is 1. The first kappa shape index (κ1) is 18.5. The second-order valence-corrected chi connectivity index (χ2v) is 8.62. The molecule has 2 aromatic carbocycles. The number of halogens is 1. The van der Waals surface area contributed by atoms with Crippen molar-refractivity contribution in [2.75, 3.05) is 27.2 Å². The van der Waals surface area contributed by atoms with Gasteiger partial charge in [0.25, 0.3) is 0 Å². The normalized spacial score (nSPS) is 26.8. The van der Waals surface area contributed by atoms with E-state index in [1.165, 1.54) is 12.1 Å². The summed E-state index contributed by atoms with van der Waals surface area (Å²) < 4.78 is 19.2. The minimum Gasteiger partial charge on any atom is -0.497 e. The Morgan fingerprint density at radius 3 is 2.83 bits per heavy atom. The highest BCUT2D eigenvalue weighted by Gasteiger charge is 2.57. The molecular weight excluding hydrogens is 367 g/mol. The average molecular weight is 392 g/mol. The zero-order valence-electron chi connectivity index (χ0n) is 16.8. The monoisotopic (exact) mass is 392 g/mol. The second-order valence-electron chi connectivity index (χ2n) is 8.62. The Kier molecular flexibility index (Phi) is 4.16.